The molecule has 0 saturated heterocycles. The van der Waals surface area contributed by atoms with Crippen LogP contribution in [0.1, 0.15) is 12.5 Å². The number of hydrogen-bond donors (Lipinski definition) is 1. The van der Waals surface area contributed by atoms with E-state index in [1.54, 1.807) is 0 Å². The summed E-state index contributed by atoms with van der Waals surface area (Å²) in [5, 5.41) is 3.11. The van der Waals surface area contributed by atoms with Crippen LogP contribution in [0.5, 0.6) is 0 Å². The highest BCUT2D eigenvalue weighted by Gasteiger charge is 2.27. The summed E-state index contributed by atoms with van der Waals surface area (Å²) in [5.74, 6) is 1.93. The van der Waals surface area contributed by atoms with E-state index in [-0.39, 0.29) is 6.23 Å². The van der Waals surface area contributed by atoms with E-state index in [0.717, 1.165) is 11.3 Å². The molecule has 0 bridgehead atoms. The van der Waals surface area contributed by atoms with Gasteiger partial charge in [0, 0.05) is 17.9 Å². The largest absolute Gasteiger partial charge is 0.355 e. The summed E-state index contributed by atoms with van der Waals surface area (Å²) in [5.41, 5.74) is 2.38. The average Bonchev–Trinajstić information content (AvgIpc) is 2.55. The predicted molar refractivity (Wildman–Crippen MR) is 54.6 cm³/mol. The number of anilines is 1. The van der Waals surface area contributed by atoms with Gasteiger partial charge in [0.1, 0.15) is 5.94 Å². The lowest BCUT2D eigenvalue weighted by molar-refractivity contribution is 0.125. The molecule has 1 aliphatic heterocycles. The molecule has 1 atom stereocenters. The second kappa shape index (κ2) is 3.66. The quantitative estimate of drug-likeness (QED) is 0.719. The van der Waals surface area contributed by atoms with Gasteiger partial charge < -0.3 is 10.1 Å². The van der Waals surface area contributed by atoms with Crippen molar-refractivity contribution in [3.05, 3.63) is 29.8 Å². The SMILES string of the molecule is CCOC1Nc2ccccc2C1=C=O. The molecule has 0 radical (unpaired) electrons. The van der Waals surface area contributed by atoms with Crippen molar-refractivity contribution in [1.29, 1.82) is 0 Å². The van der Waals surface area contributed by atoms with Crippen LogP contribution in [-0.2, 0) is 9.53 Å². The van der Waals surface area contributed by atoms with E-state index in [1.165, 1.54) is 0 Å². The van der Waals surface area contributed by atoms with Crippen molar-refractivity contribution in [3.8, 4) is 0 Å². The Labute approximate surface area is 82.4 Å². The zero-order chi connectivity index (χ0) is 9.97. The minimum absolute atomic E-state index is 0.338. The fraction of sp³-hybridized carbons (Fsp3) is 0.273. The predicted octanol–water partition coefficient (Wildman–Crippen LogP) is 1.69. The van der Waals surface area contributed by atoms with Crippen LogP contribution in [0.3, 0.4) is 0 Å². The lowest BCUT2D eigenvalue weighted by atomic mass is 10.1. The molecule has 0 aliphatic carbocycles. The molecule has 2 rings (SSSR count). The summed E-state index contributed by atoms with van der Waals surface area (Å²) in [6, 6.07) is 7.63. The molecule has 1 aliphatic rings. The second-order valence-corrected chi connectivity index (χ2v) is 3.04. The van der Waals surface area contributed by atoms with Gasteiger partial charge in [-0.2, -0.15) is 0 Å². The highest BCUT2D eigenvalue weighted by atomic mass is 16.5. The van der Waals surface area contributed by atoms with Gasteiger partial charge in [-0.25, -0.2) is 4.79 Å². The van der Waals surface area contributed by atoms with Gasteiger partial charge in [-0.05, 0) is 13.0 Å². The normalized spacial score (nSPS) is 18.6. The molecular formula is C11H11NO2. The molecule has 14 heavy (non-hydrogen) atoms. The Morgan fingerprint density at radius 1 is 1.50 bits per heavy atom. The summed E-state index contributed by atoms with van der Waals surface area (Å²) in [4.78, 5) is 10.8. The van der Waals surface area contributed by atoms with Gasteiger partial charge >= 0.3 is 0 Å². The molecular weight excluding hydrogens is 178 g/mol. The minimum Gasteiger partial charge on any atom is -0.355 e. The summed E-state index contributed by atoms with van der Waals surface area (Å²) in [6.45, 7) is 2.46. The molecule has 3 heteroatoms. The molecule has 0 fully saturated rings. The fourth-order valence-electron chi connectivity index (χ4n) is 1.60. The van der Waals surface area contributed by atoms with Gasteiger partial charge in [-0.3, -0.25) is 0 Å². The minimum atomic E-state index is -0.338. The van der Waals surface area contributed by atoms with Crippen LogP contribution >= 0.6 is 0 Å². The van der Waals surface area contributed by atoms with E-state index in [1.807, 2.05) is 37.1 Å². The maximum Gasteiger partial charge on any atom is 0.165 e. The Kier molecular flexibility index (Phi) is 2.35. The van der Waals surface area contributed by atoms with Crippen LogP contribution in [0.2, 0.25) is 0 Å². The van der Waals surface area contributed by atoms with Gasteiger partial charge in [0.15, 0.2) is 6.23 Å². The van der Waals surface area contributed by atoms with Crippen LogP contribution < -0.4 is 5.32 Å². The molecule has 3 nitrogen and oxygen atoms in total. The summed E-state index contributed by atoms with van der Waals surface area (Å²) >= 11 is 0. The monoisotopic (exact) mass is 189 g/mol. The maximum atomic E-state index is 10.8. The first-order valence-electron chi connectivity index (χ1n) is 4.59. The average molecular weight is 189 g/mol. The molecule has 0 saturated carbocycles. The molecule has 1 aromatic carbocycles. The molecule has 0 amide bonds. The standard InChI is InChI=1S/C11H11NO2/c1-2-14-11-9(7-13)8-5-3-4-6-10(8)12-11/h3-6,11-12H,2H2,1H3. The van der Waals surface area contributed by atoms with Crippen molar-refractivity contribution in [1.82, 2.24) is 0 Å². The van der Waals surface area contributed by atoms with Crippen molar-refractivity contribution in [3.63, 3.8) is 0 Å². The Bertz CT molecular complexity index is 394. The number of hydrogen-bond acceptors (Lipinski definition) is 3. The zero-order valence-electron chi connectivity index (χ0n) is 7.91. The smallest absolute Gasteiger partial charge is 0.165 e. The van der Waals surface area contributed by atoms with Gasteiger partial charge in [-0.15, -0.1) is 0 Å². The molecule has 72 valence electrons. The van der Waals surface area contributed by atoms with E-state index in [2.05, 4.69) is 5.32 Å². The fourth-order valence-corrected chi connectivity index (χ4v) is 1.60. The molecule has 1 N–H and O–H groups in total. The molecule has 1 unspecified atom stereocenters. The highest BCUT2D eigenvalue weighted by molar-refractivity contribution is 5.98. The van der Waals surface area contributed by atoms with Crippen LogP contribution in [0.25, 0.3) is 5.57 Å². The molecule has 1 aromatic rings. The number of nitrogens with one attached hydrogen (secondary N) is 1. The Balaban J connectivity index is 2.39. The highest BCUT2D eigenvalue weighted by Crippen LogP contribution is 2.33. The first-order chi connectivity index (χ1) is 6.86. The summed E-state index contributed by atoms with van der Waals surface area (Å²) < 4.78 is 5.38. The Hall–Kier alpha value is -1.57. The van der Waals surface area contributed by atoms with Crippen LogP contribution in [0.4, 0.5) is 5.69 Å². The third-order valence-corrected chi connectivity index (χ3v) is 2.21. The number of ether oxygens (including phenoxy) is 1. The Morgan fingerprint density at radius 3 is 3.00 bits per heavy atom. The number of carbonyl (C=O) groups excluding carboxylic acids is 1. The maximum absolute atomic E-state index is 10.8. The number of para-hydroxylation sites is 1. The van der Waals surface area contributed by atoms with Crippen molar-refractivity contribution >= 4 is 17.2 Å². The lowest BCUT2D eigenvalue weighted by Gasteiger charge is -2.10. The topological polar surface area (TPSA) is 38.3 Å². The Morgan fingerprint density at radius 2 is 2.29 bits per heavy atom. The third kappa shape index (κ3) is 1.33. The van der Waals surface area contributed by atoms with Crippen molar-refractivity contribution in [2.45, 2.75) is 13.2 Å². The zero-order valence-corrected chi connectivity index (χ0v) is 7.91. The van der Waals surface area contributed by atoms with Gasteiger partial charge in [0.05, 0.1) is 5.57 Å². The first kappa shape index (κ1) is 9.00. The van der Waals surface area contributed by atoms with Crippen LogP contribution in [0.15, 0.2) is 24.3 Å². The van der Waals surface area contributed by atoms with Crippen molar-refractivity contribution in [2.24, 2.45) is 0 Å². The van der Waals surface area contributed by atoms with E-state index in [9.17, 15) is 4.79 Å². The number of fused-ring (bicyclic) bond motifs is 1. The van der Waals surface area contributed by atoms with Gasteiger partial charge in [0.25, 0.3) is 0 Å². The number of benzene rings is 1. The number of rotatable bonds is 2. The van der Waals surface area contributed by atoms with E-state index < -0.39 is 0 Å². The van der Waals surface area contributed by atoms with Crippen LogP contribution in [-0.4, -0.2) is 18.8 Å². The molecule has 0 aromatic heterocycles. The lowest BCUT2D eigenvalue weighted by Crippen LogP contribution is -2.18. The summed E-state index contributed by atoms with van der Waals surface area (Å²) in [6.07, 6.45) is -0.338. The van der Waals surface area contributed by atoms with Crippen molar-refractivity contribution in [2.75, 3.05) is 11.9 Å². The van der Waals surface area contributed by atoms with E-state index >= 15 is 0 Å². The van der Waals surface area contributed by atoms with Gasteiger partial charge in [0.2, 0.25) is 0 Å². The van der Waals surface area contributed by atoms with E-state index in [4.69, 9.17) is 4.74 Å². The molecule has 0 spiro atoms. The first-order valence-corrected chi connectivity index (χ1v) is 4.59. The van der Waals surface area contributed by atoms with Gasteiger partial charge in [-0.1, -0.05) is 18.2 Å². The third-order valence-electron chi connectivity index (χ3n) is 2.21. The van der Waals surface area contributed by atoms with E-state index in [0.29, 0.717) is 12.2 Å². The summed E-state index contributed by atoms with van der Waals surface area (Å²) in [7, 11) is 0. The van der Waals surface area contributed by atoms with Crippen molar-refractivity contribution < 1.29 is 9.53 Å². The van der Waals surface area contributed by atoms with Crippen LogP contribution in [0, 0.1) is 0 Å². The molecule has 1 heterocycles. The second-order valence-electron chi connectivity index (χ2n) is 3.04.